The van der Waals surface area contributed by atoms with Crippen LogP contribution in [0.3, 0.4) is 0 Å². The minimum absolute atomic E-state index is 0. The van der Waals surface area contributed by atoms with Crippen molar-refractivity contribution in [3.05, 3.63) is 12.2 Å². The van der Waals surface area contributed by atoms with Crippen LogP contribution in [0.25, 0.3) is 0 Å². The Morgan fingerprint density at radius 2 is 2.21 bits per heavy atom. The van der Waals surface area contributed by atoms with Crippen molar-refractivity contribution in [1.82, 2.24) is 5.32 Å². The van der Waals surface area contributed by atoms with Crippen molar-refractivity contribution in [1.29, 1.82) is 0 Å². The topological polar surface area (TPSA) is 58.3 Å². The summed E-state index contributed by atoms with van der Waals surface area (Å²) in [7, 11) is 0. The quantitative estimate of drug-likeness (QED) is 0.494. The van der Waals surface area contributed by atoms with E-state index in [2.05, 4.69) is 17.5 Å². The zero-order chi connectivity index (χ0) is 9.52. The van der Waals surface area contributed by atoms with Crippen LogP contribution < -0.4 is 11.1 Å². The van der Waals surface area contributed by atoms with Crippen LogP contribution in [0.2, 0.25) is 0 Å². The lowest BCUT2D eigenvalue weighted by atomic mass is 10.0. The Morgan fingerprint density at radius 1 is 1.43 bits per heavy atom. The van der Waals surface area contributed by atoms with E-state index < -0.39 is 6.23 Å². The summed E-state index contributed by atoms with van der Waals surface area (Å²) in [5.74, 6) is 0. The van der Waals surface area contributed by atoms with E-state index in [0.29, 0.717) is 6.04 Å². The predicted molar refractivity (Wildman–Crippen MR) is 61.5 cm³/mol. The van der Waals surface area contributed by atoms with Gasteiger partial charge in [0.2, 0.25) is 0 Å². The Bertz CT molecular complexity index is 164. The molecular formula is C10H21ClN2O. The Balaban J connectivity index is 0.00000169. The average Bonchev–Trinajstić information content (AvgIpc) is 2.09. The van der Waals surface area contributed by atoms with E-state index in [1.807, 2.05) is 0 Å². The van der Waals surface area contributed by atoms with Crippen molar-refractivity contribution in [2.45, 2.75) is 44.4 Å². The number of aliphatic hydroxyl groups excluding tert-OH is 1. The van der Waals surface area contributed by atoms with Crippen molar-refractivity contribution in [3.8, 4) is 0 Å². The Kier molecular flexibility index (Phi) is 8.18. The van der Waals surface area contributed by atoms with Gasteiger partial charge in [-0.1, -0.05) is 25.0 Å². The molecule has 0 aliphatic heterocycles. The third-order valence-electron chi connectivity index (χ3n) is 2.38. The molecule has 0 amide bonds. The van der Waals surface area contributed by atoms with E-state index in [1.165, 1.54) is 19.3 Å². The van der Waals surface area contributed by atoms with Crippen LogP contribution in [0.1, 0.15) is 32.1 Å². The summed E-state index contributed by atoms with van der Waals surface area (Å²) in [6, 6.07) is 0.304. The fourth-order valence-corrected chi connectivity index (χ4v) is 1.61. The first kappa shape index (κ1) is 13.9. The normalized spacial score (nSPS) is 26.9. The van der Waals surface area contributed by atoms with Crippen molar-refractivity contribution in [2.24, 2.45) is 5.73 Å². The smallest absolute Gasteiger partial charge is 0.117 e. The highest BCUT2D eigenvalue weighted by Crippen LogP contribution is 2.11. The molecule has 1 aliphatic rings. The fourth-order valence-electron chi connectivity index (χ4n) is 1.61. The molecule has 0 radical (unpaired) electrons. The van der Waals surface area contributed by atoms with Crippen molar-refractivity contribution < 1.29 is 5.11 Å². The monoisotopic (exact) mass is 220 g/mol. The van der Waals surface area contributed by atoms with Gasteiger partial charge < -0.3 is 10.8 Å². The molecule has 0 saturated carbocycles. The molecular weight excluding hydrogens is 200 g/mol. The molecule has 0 aromatic heterocycles. The molecule has 3 nitrogen and oxygen atoms in total. The molecule has 0 fully saturated rings. The molecule has 4 heteroatoms. The molecule has 0 bridgehead atoms. The first-order valence-electron chi connectivity index (χ1n) is 5.14. The second-order valence-electron chi connectivity index (χ2n) is 3.59. The highest BCUT2D eigenvalue weighted by atomic mass is 35.5. The van der Waals surface area contributed by atoms with E-state index in [9.17, 15) is 5.11 Å². The SMILES string of the molecule is Cl.NCC(O)NC1/C=C\CCCCC1. The Labute approximate surface area is 92.2 Å². The van der Waals surface area contributed by atoms with Crippen molar-refractivity contribution in [2.75, 3.05) is 6.54 Å². The third kappa shape index (κ3) is 5.60. The van der Waals surface area contributed by atoms with Gasteiger partial charge in [0.05, 0.1) is 0 Å². The summed E-state index contributed by atoms with van der Waals surface area (Å²) in [6.07, 6.45) is 9.88. The van der Waals surface area contributed by atoms with Crippen LogP contribution in [0, 0.1) is 0 Å². The van der Waals surface area contributed by atoms with Crippen LogP contribution in [-0.2, 0) is 0 Å². The van der Waals surface area contributed by atoms with Crippen molar-refractivity contribution in [3.63, 3.8) is 0 Å². The third-order valence-corrected chi connectivity index (χ3v) is 2.38. The van der Waals surface area contributed by atoms with Crippen LogP contribution in [0.15, 0.2) is 12.2 Å². The average molecular weight is 221 g/mol. The number of hydrogen-bond acceptors (Lipinski definition) is 3. The van der Waals surface area contributed by atoms with E-state index in [4.69, 9.17) is 5.73 Å². The van der Waals surface area contributed by atoms with Gasteiger partial charge in [0.15, 0.2) is 0 Å². The number of halogens is 1. The fraction of sp³-hybridized carbons (Fsp3) is 0.800. The lowest BCUT2D eigenvalue weighted by Crippen LogP contribution is -2.41. The minimum atomic E-state index is -0.561. The molecule has 84 valence electrons. The molecule has 2 unspecified atom stereocenters. The summed E-state index contributed by atoms with van der Waals surface area (Å²) in [5.41, 5.74) is 5.32. The Hall–Kier alpha value is -0.0900. The second kappa shape index (κ2) is 8.24. The first-order chi connectivity index (χ1) is 6.33. The van der Waals surface area contributed by atoms with Crippen LogP contribution >= 0.6 is 12.4 Å². The van der Waals surface area contributed by atoms with Gasteiger partial charge >= 0.3 is 0 Å². The molecule has 0 spiro atoms. The zero-order valence-electron chi connectivity index (χ0n) is 8.48. The minimum Gasteiger partial charge on any atom is -0.377 e. The Morgan fingerprint density at radius 3 is 2.93 bits per heavy atom. The van der Waals surface area contributed by atoms with Gasteiger partial charge in [0.1, 0.15) is 6.23 Å². The van der Waals surface area contributed by atoms with Gasteiger partial charge in [-0.3, -0.25) is 5.32 Å². The molecule has 1 rings (SSSR count). The predicted octanol–water partition coefficient (Wildman–Crippen LogP) is 1.16. The van der Waals surface area contributed by atoms with Gasteiger partial charge in [-0.15, -0.1) is 12.4 Å². The van der Waals surface area contributed by atoms with Crippen molar-refractivity contribution >= 4 is 12.4 Å². The van der Waals surface area contributed by atoms with E-state index in [-0.39, 0.29) is 19.0 Å². The zero-order valence-corrected chi connectivity index (χ0v) is 9.30. The second-order valence-corrected chi connectivity index (χ2v) is 3.59. The highest BCUT2D eigenvalue weighted by Gasteiger charge is 2.09. The number of rotatable bonds is 3. The maximum atomic E-state index is 9.30. The van der Waals surface area contributed by atoms with Crippen LogP contribution in [0.4, 0.5) is 0 Å². The summed E-state index contributed by atoms with van der Waals surface area (Å²) in [4.78, 5) is 0. The van der Waals surface area contributed by atoms with Gasteiger partial charge in [-0.25, -0.2) is 0 Å². The van der Waals surface area contributed by atoms with Gasteiger partial charge in [0, 0.05) is 12.6 Å². The molecule has 0 aromatic rings. The summed E-state index contributed by atoms with van der Waals surface area (Å²) >= 11 is 0. The lowest BCUT2D eigenvalue weighted by molar-refractivity contribution is 0.134. The maximum Gasteiger partial charge on any atom is 0.117 e. The largest absolute Gasteiger partial charge is 0.377 e. The molecule has 2 atom stereocenters. The van der Waals surface area contributed by atoms with Gasteiger partial charge in [-0.2, -0.15) is 0 Å². The highest BCUT2D eigenvalue weighted by molar-refractivity contribution is 5.85. The summed E-state index contributed by atoms with van der Waals surface area (Å²) in [6.45, 7) is 0.282. The van der Waals surface area contributed by atoms with Crippen LogP contribution in [0.5, 0.6) is 0 Å². The summed E-state index contributed by atoms with van der Waals surface area (Å²) in [5, 5.41) is 12.4. The first-order valence-corrected chi connectivity index (χ1v) is 5.14. The molecule has 0 heterocycles. The summed E-state index contributed by atoms with van der Waals surface area (Å²) < 4.78 is 0. The number of allylic oxidation sites excluding steroid dienone is 1. The number of nitrogens with one attached hydrogen (secondary N) is 1. The molecule has 1 aliphatic carbocycles. The van der Waals surface area contributed by atoms with E-state index in [1.54, 1.807) is 0 Å². The maximum absolute atomic E-state index is 9.30. The van der Waals surface area contributed by atoms with E-state index >= 15 is 0 Å². The molecule has 0 saturated heterocycles. The molecule has 0 aromatic carbocycles. The number of aliphatic hydroxyl groups is 1. The number of hydrogen-bond donors (Lipinski definition) is 3. The standard InChI is InChI=1S/C10H20N2O.ClH/c11-8-10(13)12-9-6-4-2-1-3-5-7-9;/h4,6,9-10,12-13H,1-3,5,7-8,11H2;1H/b6-4-;. The van der Waals surface area contributed by atoms with Gasteiger partial charge in [-0.05, 0) is 19.3 Å². The van der Waals surface area contributed by atoms with E-state index in [0.717, 1.165) is 12.8 Å². The van der Waals surface area contributed by atoms with Gasteiger partial charge in [0.25, 0.3) is 0 Å². The molecule has 14 heavy (non-hydrogen) atoms. The number of nitrogens with two attached hydrogens (primary N) is 1. The van der Waals surface area contributed by atoms with Crippen LogP contribution in [-0.4, -0.2) is 23.9 Å². The molecule has 4 N–H and O–H groups in total. The lowest BCUT2D eigenvalue weighted by Gasteiger charge is -2.20.